The van der Waals surface area contributed by atoms with E-state index in [9.17, 15) is 13.2 Å². The van der Waals surface area contributed by atoms with Gasteiger partial charge in [-0.15, -0.1) is 0 Å². The highest BCUT2D eigenvalue weighted by Crippen LogP contribution is 2.17. The van der Waals surface area contributed by atoms with Crippen LogP contribution < -0.4 is 5.73 Å². The Morgan fingerprint density at radius 2 is 1.62 bits per heavy atom. The molecule has 1 aromatic rings. The van der Waals surface area contributed by atoms with E-state index in [1.165, 1.54) is 0 Å². The molecule has 0 unspecified atom stereocenters. The van der Waals surface area contributed by atoms with Gasteiger partial charge in [0.1, 0.15) is 5.82 Å². The summed E-state index contributed by atoms with van der Waals surface area (Å²) in [6.07, 6.45) is 1.71. The average molecular weight is 231 g/mol. The predicted molar refractivity (Wildman–Crippen MR) is 57.5 cm³/mol. The lowest BCUT2D eigenvalue weighted by molar-refractivity contribution is 0.452. The fourth-order valence-corrected chi connectivity index (χ4v) is 1.49. The Morgan fingerprint density at radius 3 is 2.19 bits per heavy atom. The standard InChI is InChI=1S/C12H16F3N/c1-12(2,16)5-3-4-8-6-10(14)11(15)7-9(8)13/h6-7H,3-5,16H2,1-2H3. The summed E-state index contributed by atoms with van der Waals surface area (Å²) in [5.41, 5.74) is 5.64. The summed E-state index contributed by atoms with van der Waals surface area (Å²) in [6, 6.07) is 1.49. The van der Waals surface area contributed by atoms with Crippen molar-refractivity contribution in [1.29, 1.82) is 0 Å². The molecule has 1 nitrogen and oxygen atoms in total. The molecule has 0 aromatic heterocycles. The van der Waals surface area contributed by atoms with E-state index < -0.39 is 17.5 Å². The van der Waals surface area contributed by atoms with Crippen LogP contribution in [0.2, 0.25) is 0 Å². The summed E-state index contributed by atoms with van der Waals surface area (Å²) in [7, 11) is 0. The van der Waals surface area contributed by atoms with Gasteiger partial charge in [-0.25, -0.2) is 13.2 Å². The third kappa shape index (κ3) is 3.85. The molecule has 0 aliphatic rings. The van der Waals surface area contributed by atoms with Crippen LogP contribution in [0.4, 0.5) is 13.2 Å². The van der Waals surface area contributed by atoms with Gasteiger partial charge in [-0.2, -0.15) is 0 Å². The molecule has 0 amide bonds. The number of hydrogen-bond donors (Lipinski definition) is 1. The maximum absolute atomic E-state index is 13.2. The topological polar surface area (TPSA) is 26.0 Å². The number of hydrogen-bond acceptors (Lipinski definition) is 1. The van der Waals surface area contributed by atoms with Crippen molar-refractivity contribution in [2.75, 3.05) is 0 Å². The van der Waals surface area contributed by atoms with Gasteiger partial charge >= 0.3 is 0 Å². The monoisotopic (exact) mass is 231 g/mol. The first kappa shape index (κ1) is 13.0. The first-order valence-electron chi connectivity index (χ1n) is 5.22. The Kier molecular flexibility index (Phi) is 3.97. The molecule has 1 rings (SSSR count). The highest BCUT2D eigenvalue weighted by Gasteiger charge is 2.13. The molecule has 0 heterocycles. The number of nitrogens with two attached hydrogens (primary N) is 1. The number of halogens is 3. The lowest BCUT2D eigenvalue weighted by Gasteiger charge is -2.17. The molecule has 0 saturated carbocycles. The fourth-order valence-electron chi connectivity index (χ4n) is 1.49. The number of rotatable bonds is 4. The zero-order valence-corrected chi connectivity index (χ0v) is 9.49. The Labute approximate surface area is 93.5 Å². The van der Waals surface area contributed by atoms with Crippen LogP contribution in [0, 0.1) is 17.5 Å². The maximum atomic E-state index is 13.2. The summed E-state index contributed by atoms with van der Waals surface area (Å²) in [6.45, 7) is 3.74. The van der Waals surface area contributed by atoms with Gasteiger partial charge in [-0.3, -0.25) is 0 Å². The molecule has 0 atom stereocenters. The molecule has 0 fully saturated rings. The van der Waals surface area contributed by atoms with Crippen molar-refractivity contribution in [2.24, 2.45) is 5.73 Å². The Morgan fingerprint density at radius 1 is 1.06 bits per heavy atom. The van der Waals surface area contributed by atoms with Crippen molar-refractivity contribution < 1.29 is 13.2 Å². The Balaban J connectivity index is 2.64. The van der Waals surface area contributed by atoms with Crippen LogP contribution in [-0.2, 0) is 6.42 Å². The van der Waals surface area contributed by atoms with Gasteiger partial charge < -0.3 is 5.73 Å². The average Bonchev–Trinajstić information content (AvgIpc) is 2.11. The predicted octanol–water partition coefficient (Wildman–Crippen LogP) is 3.16. The van der Waals surface area contributed by atoms with Crippen LogP contribution >= 0.6 is 0 Å². The second-order valence-electron chi connectivity index (χ2n) is 4.70. The van der Waals surface area contributed by atoms with Gasteiger partial charge in [0, 0.05) is 11.6 Å². The van der Waals surface area contributed by atoms with Crippen LogP contribution in [0.5, 0.6) is 0 Å². The summed E-state index contributed by atoms with van der Waals surface area (Å²) in [4.78, 5) is 0. The number of aryl methyl sites for hydroxylation is 1. The van der Waals surface area contributed by atoms with E-state index in [0.717, 1.165) is 6.07 Å². The zero-order chi connectivity index (χ0) is 12.3. The molecule has 1 aromatic carbocycles. The van der Waals surface area contributed by atoms with Gasteiger partial charge in [-0.05, 0) is 44.7 Å². The zero-order valence-electron chi connectivity index (χ0n) is 9.49. The second kappa shape index (κ2) is 4.87. The summed E-state index contributed by atoms with van der Waals surface area (Å²) >= 11 is 0. The third-order valence-electron chi connectivity index (χ3n) is 2.36. The molecule has 2 N–H and O–H groups in total. The Hall–Kier alpha value is -1.03. The normalized spacial score (nSPS) is 11.9. The maximum Gasteiger partial charge on any atom is 0.161 e. The lowest BCUT2D eigenvalue weighted by Crippen LogP contribution is -2.31. The lowest BCUT2D eigenvalue weighted by atomic mass is 9.96. The van der Waals surface area contributed by atoms with E-state index in [4.69, 9.17) is 5.73 Å². The van der Waals surface area contributed by atoms with Crippen LogP contribution in [0.1, 0.15) is 32.3 Å². The van der Waals surface area contributed by atoms with Crippen LogP contribution in [0.3, 0.4) is 0 Å². The van der Waals surface area contributed by atoms with Gasteiger partial charge in [0.15, 0.2) is 11.6 Å². The highest BCUT2D eigenvalue weighted by atomic mass is 19.2. The number of benzene rings is 1. The third-order valence-corrected chi connectivity index (χ3v) is 2.36. The van der Waals surface area contributed by atoms with E-state index in [-0.39, 0.29) is 11.1 Å². The van der Waals surface area contributed by atoms with E-state index in [1.807, 2.05) is 13.8 Å². The van der Waals surface area contributed by atoms with Crippen molar-refractivity contribution in [1.82, 2.24) is 0 Å². The quantitative estimate of drug-likeness (QED) is 0.791. The van der Waals surface area contributed by atoms with Crippen molar-refractivity contribution in [3.8, 4) is 0 Å². The molecule has 0 saturated heterocycles. The first-order chi connectivity index (χ1) is 7.29. The second-order valence-corrected chi connectivity index (χ2v) is 4.70. The molecule has 16 heavy (non-hydrogen) atoms. The molecule has 0 bridgehead atoms. The summed E-state index contributed by atoms with van der Waals surface area (Å²) < 4.78 is 38.7. The van der Waals surface area contributed by atoms with E-state index in [1.54, 1.807) is 0 Å². The first-order valence-corrected chi connectivity index (χ1v) is 5.22. The molecule has 0 spiro atoms. The van der Waals surface area contributed by atoms with E-state index in [0.29, 0.717) is 25.3 Å². The minimum Gasteiger partial charge on any atom is -0.326 e. The van der Waals surface area contributed by atoms with Gasteiger partial charge in [0.05, 0.1) is 0 Å². The van der Waals surface area contributed by atoms with Crippen LogP contribution in [0.15, 0.2) is 12.1 Å². The molecular weight excluding hydrogens is 215 g/mol. The van der Waals surface area contributed by atoms with Crippen molar-refractivity contribution in [3.05, 3.63) is 35.1 Å². The minimum atomic E-state index is -1.15. The molecule has 0 radical (unpaired) electrons. The Bertz CT molecular complexity index is 369. The molecular formula is C12H16F3N. The molecule has 0 aliphatic carbocycles. The molecule has 90 valence electrons. The summed E-state index contributed by atoms with van der Waals surface area (Å²) in [5.74, 6) is -2.86. The van der Waals surface area contributed by atoms with E-state index in [2.05, 4.69) is 0 Å². The van der Waals surface area contributed by atoms with E-state index >= 15 is 0 Å². The highest BCUT2D eigenvalue weighted by molar-refractivity contribution is 5.20. The van der Waals surface area contributed by atoms with Gasteiger partial charge in [0.25, 0.3) is 0 Å². The van der Waals surface area contributed by atoms with Gasteiger partial charge in [-0.1, -0.05) is 0 Å². The summed E-state index contributed by atoms with van der Waals surface area (Å²) in [5, 5.41) is 0. The van der Waals surface area contributed by atoms with Crippen LogP contribution in [0.25, 0.3) is 0 Å². The van der Waals surface area contributed by atoms with Gasteiger partial charge in [0.2, 0.25) is 0 Å². The van der Waals surface area contributed by atoms with Crippen molar-refractivity contribution >= 4 is 0 Å². The molecule has 4 heteroatoms. The van der Waals surface area contributed by atoms with Crippen molar-refractivity contribution in [3.63, 3.8) is 0 Å². The van der Waals surface area contributed by atoms with Crippen LogP contribution in [-0.4, -0.2) is 5.54 Å². The fraction of sp³-hybridized carbons (Fsp3) is 0.500. The smallest absolute Gasteiger partial charge is 0.161 e. The molecule has 0 aliphatic heterocycles. The minimum absolute atomic E-state index is 0.197. The SMILES string of the molecule is CC(C)(N)CCCc1cc(F)c(F)cc1F. The van der Waals surface area contributed by atoms with Crippen molar-refractivity contribution in [2.45, 2.75) is 38.6 Å². The largest absolute Gasteiger partial charge is 0.326 e.